The Morgan fingerprint density at radius 3 is 3.05 bits per heavy atom. The van der Waals surface area contributed by atoms with Gasteiger partial charge >= 0.3 is 0 Å². The van der Waals surface area contributed by atoms with Crippen LogP contribution < -0.4 is 10.6 Å². The summed E-state index contributed by atoms with van der Waals surface area (Å²) in [6, 6.07) is 8.15. The van der Waals surface area contributed by atoms with Crippen molar-refractivity contribution in [3.63, 3.8) is 0 Å². The van der Waals surface area contributed by atoms with Gasteiger partial charge in [-0.05, 0) is 50.2 Å². The van der Waals surface area contributed by atoms with Crippen molar-refractivity contribution in [1.29, 1.82) is 0 Å². The first-order valence-corrected chi connectivity index (χ1v) is 8.13. The van der Waals surface area contributed by atoms with Crippen molar-refractivity contribution in [2.24, 2.45) is 0 Å². The van der Waals surface area contributed by atoms with Crippen LogP contribution in [-0.4, -0.2) is 19.0 Å². The Hall–Kier alpha value is -1.77. The van der Waals surface area contributed by atoms with Gasteiger partial charge < -0.3 is 10.6 Å². The number of para-hydroxylation sites is 1. The molecule has 0 radical (unpaired) electrons. The maximum atomic E-state index is 12.4. The summed E-state index contributed by atoms with van der Waals surface area (Å²) in [6.45, 7) is 1.65. The van der Waals surface area contributed by atoms with Gasteiger partial charge in [-0.1, -0.05) is 29.8 Å². The van der Waals surface area contributed by atoms with Gasteiger partial charge in [0.05, 0.1) is 5.92 Å². The van der Waals surface area contributed by atoms with Crippen LogP contribution in [0, 0.1) is 0 Å². The minimum atomic E-state index is 0.00258. The molecule has 3 heteroatoms. The Morgan fingerprint density at radius 1 is 1.29 bits per heavy atom. The molecule has 1 atom stereocenters. The number of carbonyl (C=O) groups excluding carboxylic acids is 1. The number of rotatable bonds is 4. The molecule has 0 aromatic heterocycles. The third-order valence-corrected chi connectivity index (χ3v) is 4.53. The Balaban J connectivity index is 1.55. The van der Waals surface area contributed by atoms with E-state index in [4.69, 9.17) is 0 Å². The molecule has 1 heterocycles. The summed E-state index contributed by atoms with van der Waals surface area (Å²) in [5.41, 5.74) is 3.77. The molecule has 2 aliphatic rings. The lowest BCUT2D eigenvalue weighted by atomic mass is 9.90. The zero-order valence-electron chi connectivity index (χ0n) is 12.5. The highest BCUT2D eigenvalue weighted by molar-refractivity contribution is 5.86. The Morgan fingerprint density at radius 2 is 2.19 bits per heavy atom. The SMILES string of the molecule is O=C(NCCC1=CCCCC1)C1CCNc2ccccc21. The van der Waals surface area contributed by atoms with Gasteiger partial charge in [0, 0.05) is 18.8 Å². The lowest BCUT2D eigenvalue weighted by Gasteiger charge is -2.26. The lowest BCUT2D eigenvalue weighted by molar-refractivity contribution is -0.122. The van der Waals surface area contributed by atoms with E-state index in [1.165, 1.54) is 31.3 Å². The van der Waals surface area contributed by atoms with E-state index in [0.717, 1.165) is 37.2 Å². The van der Waals surface area contributed by atoms with Gasteiger partial charge in [-0.3, -0.25) is 4.79 Å². The van der Waals surface area contributed by atoms with Gasteiger partial charge in [0.25, 0.3) is 0 Å². The zero-order valence-corrected chi connectivity index (χ0v) is 12.5. The summed E-state index contributed by atoms with van der Waals surface area (Å²) in [7, 11) is 0. The number of fused-ring (bicyclic) bond motifs is 1. The van der Waals surface area contributed by atoms with Crippen LogP contribution in [0.2, 0.25) is 0 Å². The summed E-state index contributed by atoms with van der Waals surface area (Å²) < 4.78 is 0. The van der Waals surface area contributed by atoms with E-state index >= 15 is 0 Å². The molecule has 1 amide bonds. The van der Waals surface area contributed by atoms with E-state index in [2.05, 4.69) is 28.8 Å². The van der Waals surface area contributed by atoms with Crippen LogP contribution in [-0.2, 0) is 4.79 Å². The molecule has 112 valence electrons. The van der Waals surface area contributed by atoms with E-state index in [0.29, 0.717) is 0 Å². The van der Waals surface area contributed by atoms with Gasteiger partial charge in [0.1, 0.15) is 0 Å². The quantitative estimate of drug-likeness (QED) is 0.830. The lowest BCUT2D eigenvalue weighted by Crippen LogP contribution is -2.33. The standard InChI is InChI=1S/C18H24N2O/c21-18(20-12-10-14-6-2-1-3-7-14)16-11-13-19-17-9-5-4-8-15(16)17/h4-6,8-9,16,19H,1-3,7,10-13H2,(H,20,21). The Labute approximate surface area is 126 Å². The predicted molar refractivity (Wildman–Crippen MR) is 86.5 cm³/mol. The summed E-state index contributed by atoms with van der Waals surface area (Å²) in [5.74, 6) is 0.183. The third-order valence-electron chi connectivity index (χ3n) is 4.53. The summed E-state index contributed by atoms with van der Waals surface area (Å²) >= 11 is 0. The van der Waals surface area contributed by atoms with Crippen LogP contribution in [0.1, 0.15) is 50.0 Å². The monoisotopic (exact) mass is 284 g/mol. The molecule has 0 saturated carbocycles. The van der Waals surface area contributed by atoms with Crippen LogP contribution >= 0.6 is 0 Å². The fraction of sp³-hybridized carbons (Fsp3) is 0.500. The molecule has 1 aromatic carbocycles. The minimum absolute atomic E-state index is 0.00258. The molecular weight excluding hydrogens is 260 g/mol. The third kappa shape index (κ3) is 3.46. The van der Waals surface area contributed by atoms with E-state index in [9.17, 15) is 4.79 Å². The van der Waals surface area contributed by atoms with Crippen LogP contribution in [0.4, 0.5) is 5.69 Å². The fourth-order valence-corrected chi connectivity index (χ4v) is 3.34. The molecule has 2 N–H and O–H groups in total. The molecule has 0 fully saturated rings. The summed E-state index contributed by atoms with van der Waals surface area (Å²) in [6.07, 6.45) is 9.31. The highest BCUT2D eigenvalue weighted by Crippen LogP contribution is 2.31. The molecule has 1 aromatic rings. The van der Waals surface area contributed by atoms with Crippen LogP contribution in [0.5, 0.6) is 0 Å². The number of hydrogen-bond acceptors (Lipinski definition) is 2. The number of anilines is 1. The van der Waals surface area contributed by atoms with Gasteiger partial charge in [0.15, 0.2) is 0 Å². The maximum absolute atomic E-state index is 12.4. The van der Waals surface area contributed by atoms with Crippen molar-refractivity contribution in [3.8, 4) is 0 Å². The van der Waals surface area contributed by atoms with Crippen molar-refractivity contribution >= 4 is 11.6 Å². The largest absolute Gasteiger partial charge is 0.385 e. The molecular formula is C18H24N2O. The molecule has 0 spiro atoms. The van der Waals surface area contributed by atoms with E-state index in [1.807, 2.05) is 12.1 Å². The van der Waals surface area contributed by atoms with Gasteiger partial charge in [-0.15, -0.1) is 0 Å². The maximum Gasteiger partial charge on any atom is 0.227 e. The van der Waals surface area contributed by atoms with E-state index in [1.54, 1.807) is 0 Å². The number of hydrogen-bond donors (Lipinski definition) is 2. The summed E-state index contributed by atoms with van der Waals surface area (Å²) in [4.78, 5) is 12.4. The van der Waals surface area contributed by atoms with Gasteiger partial charge in [-0.2, -0.15) is 0 Å². The second-order valence-corrected chi connectivity index (χ2v) is 6.00. The number of amides is 1. The van der Waals surface area contributed by atoms with Gasteiger partial charge in [-0.25, -0.2) is 0 Å². The van der Waals surface area contributed by atoms with Crippen LogP contribution in [0.15, 0.2) is 35.9 Å². The number of nitrogens with one attached hydrogen (secondary N) is 2. The topological polar surface area (TPSA) is 41.1 Å². The molecule has 3 rings (SSSR count). The van der Waals surface area contributed by atoms with Gasteiger partial charge in [0.2, 0.25) is 5.91 Å². The smallest absolute Gasteiger partial charge is 0.227 e. The Kier molecular flexibility index (Phi) is 4.59. The first-order valence-electron chi connectivity index (χ1n) is 8.13. The van der Waals surface area contributed by atoms with Crippen molar-refractivity contribution in [2.45, 2.75) is 44.4 Å². The van der Waals surface area contributed by atoms with Crippen molar-refractivity contribution < 1.29 is 4.79 Å². The first-order chi connectivity index (χ1) is 10.3. The second kappa shape index (κ2) is 6.79. The summed E-state index contributed by atoms with van der Waals surface area (Å²) in [5, 5.41) is 6.50. The average molecular weight is 284 g/mol. The predicted octanol–water partition coefficient (Wildman–Crippen LogP) is 3.59. The average Bonchev–Trinajstić information content (AvgIpc) is 2.55. The van der Waals surface area contributed by atoms with Crippen molar-refractivity contribution in [1.82, 2.24) is 5.32 Å². The molecule has 1 unspecified atom stereocenters. The normalized spacial score (nSPS) is 21.0. The minimum Gasteiger partial charge on any atom is -0.385 e. The molecule has 3 nitrogen and oxygen atoms in total. The number of carbonyl (C=O) groups is 1. The highest BCUT2D eigenvalue weighted by Gasteiger charge is 2.25. The van der Waals surface area contributed by atoms with E-state index in [-0.39, 0.29) is 11.8 Å². The number of allylic oxidation sites excluding steroid dienone is 1. The first kappa shape index (κ1) is 14.2. The van der Waals surface area contributed by atoms with Crippen LogP contribution in [0.3, 0.4) is 0 Å². The molecule has 0 bridgehead atoms. The van der Waals surface area contributed by atoms with Crippen LogP contribution in [0.25, 0.3) is 0 Å². The number of benzene rings is 1. The highest BCUT2D eigenvalue weighted by atomic mass is 16.1. The van der Waals surface area contributed by atoms with Crippen molar-refractivity contribution in [3.05, 3.63) is 41.5 Å². The second-order valence-electron chi connectivity index (χ2n) is 6.00. The van der Waals surface area contributed by atoms with E-state index < -0.39 is 0 Å². The Bertz CT molecular complexity index is 536. The fourth-order valence-electron chi connectivity index (χ4n) is 3.34. The molecule has 0 saturated heterocycles. The zero-order chi connectivity index (χ0) is 14.5. The molecule has 1 aliphatic carbocycles. The van der Waals surface area contributed by atoms with Crippen molar-refractivity contribution in [2.75, 3.05) is 18.4 Å². The molecule has 21 heavy (non-hydrogen) atoms. The molecule has 1 aliphatic heterocycles.